The van der Waals surface area contributed by atoms with Crippen molar-refractivity contribution in [3.8, 4) is 22.9 Å². The van der Waals surface area contributed by atoms with Crippen molar-refractivity contribution in [2.75, 3.05) is 50.7 Å². The number of pyridine rings is 1. The van der Waals surface area contributed by atoms with Crippen LogP contribution in [0.15, 0.2) is 42.7 Å². The van der Waals surface area contributed by atoms with Crippen molar-refractivity contribution in [2.24, 2.45) is 11.8 Å². The van der Waals surface area contributed by atoms with Gasteiger partial charge in [-0.25, -0.2) is 15.0 Å². The van der Waals surface area contributed by atoms with Gasteiger partial charge in [0.05, 0.1) is 24.5 Å². The number of carbonyl (C=O) groups excluding carboxylic acids is 1. The summed E-state index contributed by atoms with van der Waals surface area (Å²) in [6.07, 6.45) is 5.55. The minimum absolute atomic E-state index is 0.0516. The smallest absolute Gasteiger partial charge is 0.304 e. The van der Waals surface area contributed by atoms with Gasteiger partial charge < -0.3 is 20.1 Å². The first-order chi connectivity index (χ1) is 21.7. The van der Waals surface area contributed by atoms with Gasteiger partial charge in [0, 0.05) is 73.9 Å². The summed E-state index contributed by atoms with van der Waals surface area (Å²) < 4.78 is 6.20. The Balaban J connectivity index is 1.14. The number of amides is 1. The van der Waals surface area contributed by atoms with E-state index >= 15 is 0 Å². The number of anilines is 1. The highest BCUT2D eigenvalue weighted by Crippen LogP contribution is 2.46. The van der Waals surface area contributed by atoms with Crippen LogP contribution < -0.4 is 15.0 Å². The Morgan fingerprint density at radius 2 is 1.60 bits per heavy atom. The van der Waals surface area contributed by atoms with Gasteiger partial charge in [-0.2, -0.15) is 0 Å². The van der Waals surface area contributed by atoms with Gasteiger partial charge in [0.15, 0.2) is 5.75 Å². The summed E-state index contributed by atoms with van der Waals surface area (Å²) in [6.45, 7) is 7.75. The lowest BCUT2D eigenvalue weighted by Crippen LogP contribution is -2.47. The Morgan fingerprint density at radius 3 is 2.22 bits per heavy atom. The van der Waals surface area contributed by atoms with Crippen molar-refractivity contribution in [2.45, 2.75) is 38.8 Å². The van der Waals surface area contributed by atoms with Gasteiger partial charge in [0.1, 0.15) is 0 Å². The number of fused-ring (bicyclic) bond motifs is 1. The molecule has 1 saturated carbocycles. The van der Waals surface area contributed by atoms with E-state index in [1.54, 1.807) is 25.4 Å². The molecule has 2 saturated heterocycles. The lowest BCUT2D eigenvalue weighted by Gasteiger charge is -2.34. The molecule has 4 heterocycles. The van der Waals surface area contributed by atoms with Crippen LogP contribution in [0.5, 0.6) is 11.6 Å². The fraction of sp³-hybridized carbons (Fsp3) is 0.469. The highest BCUT2D eigenvalue weighted by molar-refractivity contribution is 6.35. The van der Waals surface area contributed by atoms with Crippen molar-refractivity contribution < 1.29 is 19.4 Å². The fourth-order valence-corrected chi connectivity index (χ4v) is 7.02. The Morgan fingerprint density at radius 1 is 0.933 bits per heavy atom. The van der Waals surface area contributed by atoms with Crippen molar-refractivity contribution in [3.63, 3.8) is 0 Å². The van der Waals surface area contributed by atoms with Gasteiger partial charge >= 0.3 is 5.97 Å². The van der Waals surface area contributed by atoms with Crippen LogP contribution >= 0.6 is 23.2 Å². The number of aliphatic carboxylic acids is 1. The standard InChI is InChI=1S/C32H37Cl2N7O4/c1-20(42)37-31-26-2-5-40(6-3-27(26)31)19-21-12-28(22-14-23(33)16-24(34)15-22)38-29(13-21)45-25-17-35-32(36-18-25)41-10-8-39(9-11-41)7-4-30(43)44/h12-18,26-27,31H,2-11,19H2,1H3,(H,37,42)(H,43,44)/t26-,27+,31+. The Labute approximate surface area is 272 Å². The summed E-state index contributed by atoms with van der Waals surface area (Å²) in [5.74, 6) is 1.89. The zero-order valence-electron chi connectivity index (χ0n) is 25.2. The van der Waals surface area contributed by atoms with Crippen molar-refractivity contribution >= 4 is 41.0 Å². The predicted molar refractivity (Wildman–Crippen MR) is 172 cm³/mol. The number of hydrogen-bond acceptors (Lipinski definition) is 9. The maximum absolute atomic E-state index is 11.5. The number of carboxylic acids is 1. The number of aromatic nitrogens is 3. The van der Waals surface area contributed by atoms with Gasteiger partial charge in [0.25, 0.3) is 0 Å². The van der Waals surface area contributed by atoms with Crippen LogP contribution in [0, 0.1) is 11.8 Å². The largest absolute Gasteiger partial charge is 0.481 e. The van der Waals surface area contributed by atoms with Gasteiger partial charge in [0.2, 0.25) is 17.7 Å². The average molecular weight is 655 g/mol. The molecule has 13 heteroatoms. The molecule has 0 radical (unpaired) electrons. The molecule has 0 bridgehead atoms. The van der Waals surface area contributed by atoms with Crippen molar-refractivity contribution in [1.29, 1.82) is 0 Å². The lowest BCUT2D eigenvalue weighted by molar-refractivity contribution is -0.137. The molecule has 3 fully saturated rings. The number of carbonyl (C=O) groups is 2. The summed E-state index contributed by atoms with van der Waals surface area (Å²) in [4.78, 5) is 43.0. The van der Waals surface area contributed by atoms with E-state index in [1.165, 1.54) is 0 Å². The maximum Gasteiger partial charge on any atom is 0.304 e. The van der Waals surface area contributed by atoms with E-state index < -0.39 is 5.97 Å². The number of carboxylic acid groups (broad SMARTS) is 1. The molecule has 1 amide bonds. The van der Waals surface area contributed by atoms with Crippen LogP contribution in [-0.4, -0.2) is 93.6 Å². The Hall–Kier alpha value is -3.51. The number of hydrogen-bond donors (Lipinski definition) is 2. The summed E-state index contributed by atoms with van der Waals surface area (Å²) in [7, 11) is 0. The number of rotatable bonds is 10. The molecule has 3 aromatic rings. The predicted octanol–water partition coefficient (Wildman–Crippen LogP) is 4.58. The van der Waals surface area contributed by atoms with E-state index in [1.807, 2.05) is 18.2 Å². The lowest BCUT2D eigenvalue weighted by atomic mass is 10.1. The molecule has 3 aliphatic rings. The molecule has 11 nitrogen and oxygen atoms in total. The van der Waals surface area contributed by atoms with Crippen LogP contribution in [0.25, 0.3) is 11.3 Å². The van der Waals surface area contributed by atoms with Crippen molar-refractivity contribution in [1.82, 2.24) is 30.1 Å². The van der Waals surface area contributed by atoms with Crippen LogP contribution in [0.3, 0.4) is 0 Å². The fourth-order valence-electron chi connectivity index (χ4n) is 6.50. The Bertz CT molecular complexity index is 1500. The second kappa shape index (κ2) is 13.9. The van der Waals surface area contributed by atoms with E-state index in [0.29, 0.717) is 57.7 Å². The van der Waals surface area contributed by atoms with Gasteiger partial charge in [-0.05, 0) is 67.6 Å². The first kappa shape index (κ1) is 31.5. The molecule has 2 N–H and O–H groups in total. The normalized spacial score (nSPS) is 21.9. The molecule has 2 aromatic heterocycles. The molecular weight excluding hydrogens is 617 g/mol. The van der Waals surface area contributed by atoms with Crippen LogP contribution in [0.4, 0.5) is 5.95 Å². The van der Waals surface area contributed by atoms with Crippen molar-refractivity contribution in [3.05, 3.63) is 58.3 Å². The number of nitrogens with zero attached hydrogens (tertiary/aromatic N) is 6. The molecule has 1 aliphatic carbocycles. The maximum atomic E-state index is 11.5. The number of ether oxygens (including phenoxy) is 1. The molecular formula is C32H37Cl2N7O4. The van der Waals surface area contributed by atoms with E-state index in [4.69, 9.17) is 38.0 Å². The minimum Gasteiger partial charge on any atom is -0.481 e. The summed E-state index contributed by atoms with van der Waals surface area (Å²) in [5.41, 5.74) is 2.55. The Kier molecular flexibility index (Phi) is 9.70. The molecule has 1 aromatic carbocycles. The number of benzene rings is 1. The monoisotopic (exact) mass is 653 g/mol. The second-order valence-corrected chi connectivity index (χ2v) is 12.9. The molecule has 2 aliphatic heterocycles. The number of likely N-dealkylation sites (tertiary alicyclic amines) is 1. The SMILES string of the molecule is CC(=O)N[C@H]1[C@@H]2CCN(Cc3cc(Oc4cnc(N5CCN(CCC(=O)O)CC5)nc4)nc(-c4cc(Cl)cc(Cl)c4)c3)CC[C@@H]21. The minimum atomic E-state index is -0.781. The van der Waals surface area contributed by atoms with E-state index in [9.17, 15) is 9.59 Å². The average Bonchev–Trinajstić information content (AvgIpc) is 3.71. The third-order valence-corrected chi connectivity index (χ3v) is 9.26. The molecule has 0 unspecified atom stereocenters. The van der Waals surface area contributed by atoms with Gasteiger partial charge in [-0.3, -0.25) is 19.4 Å². The topological polar surface area (TPSA) is 124 Å². The molecule has 6 rings (SSSR count). The zero-order valence-corrected chi connectivity index (χ0v) is 26.7. The second-order valence-electron chi connectivity index (χ2n) is 12.1. The highest BCUT2D eigenvalue weighted by Gasteiger charge is 2.50. The van der Waals surface area contributed by atoms with E-state index in [-0.39, 0.29) is 12.3 Å². The number of piperazine rings is 1. The molecule has 238 valence electrons. The van der Waals surface area contributed by atoms with Crippen LogP contribution in [0.1, 0.15) is 31.7 Å². The molecule has 45 heavy (non-hydrogen) atoms. The molecule has 3 atom stereocenters. The number of halogens is 2. The molecule has 0 spiro atoms. The quantitative estimate of drug-likeness (QED) is 0.321. The number of nitrogens with one attached hydrogen (secondary N) is 1. The summed E-state index contributed by atoms with van der Waals surface area (Å²) in [5, 5.41) is 13.1. The van der Waals surface area contributed by atoms with Crippen LogP contribution in [0.2, 0.25) is 10.0 Å². The van der Waals surface area contributed by atoms with Crippen LogP contribution in [-0.2, 0) is 16.1 Å². The van der Waals surface area contributed by atoms with Gasteiger partial charge in [-0.15, -0.1) is 0 Å². The first-order valence-electron chi connectivity index (χ1n) is 15.4. The first-order valence-corrected chi connectivity index (χ1v) is 16.1. The summed E-state index contributed by atoms with van der Waals surface area (Å²) in [6, 6.07) is 9.70. The highest BCUT2D eigenvalue weighted by atomic mass is 35.5. The third-order valence-electron chi connectivity index (χ3n) is 8.82. The van der Waals surface area contributed by atoms with Gasteiger partial charge in [-0.1, -0.05) is 23.2 Å². The van der Waals surface area contributed by atoms with E-state index in [0.717, 1.165) is 69.8 Å². The zero-order chi connectivity index (χ0) is 31.5. The summed E-state index contributed by atoms with van der Waals surface area (Å²) >= 11 is 12.7. The third kappa shape index (κ3) is 8.21. The van der Waals surface area contributed by atoms with E-state index in [2.05, 4.69) is 36.1 Å².